The summed E-state index contributed by atoms with van der Waals surface area (Å²) in [7, 11) is 2.02. The molecule has 0 aliphatic carbocycles. The van der Waals surface area contributed by atoms with Crippen LogP contribution in [-0.2, 0) is 0 Å². The van der Waals surface area contributed by atoms with Crippen LogP contribution >= 0.6 is 0 Å². The number of aliphatic hydroxyl groups is 1. The Morgan fingerprint density at radius 3 is 2.45 bits per heavy atom. The average molecular weight is 160 g/mol. The largest absolute Gasteiger partial charge is 0.633 e. The van der Waals surface area contributed by atoms with E-state index >= 15 is 0 Å². The van der Waals surface area contributed by atoms with Crippen LogP contribution in [-0.4, -0.2) is 61.0 Å². The molecular weight excluding hydrogens is 144 g/mol. The Morgan fingerprint density at radius 2 is 2.00 bits per heavy atom. The number of hydrogen-bond donors (Lipinski definition) is 1. The van der Waals surface area contributed by atoms with Crippen LogP contribution in [0, 0.1) is 5.21 Å². The summed E-state index contributed by atoms with van der Waals surface area (Å²) in [5.41, 5.74) is 0. The highest BCUT2D eigenvalue weighted by Crippen LogP contribution is 2.08. The van der Waals surface area contributed by atoms with Gasteiger partial charge in [-0.3, -0.25) is 4.90 Å². The van der Waals surface area contributed by atoms with Crippen molar-refractivity contribution in [3.05, 3.63) is 5.21 Å². The summed E-state index contributed by atoms with van der Waals surface area (Å²) < 4.78 is -0.208. The van der Waals surface area contributed by atoms with Gasteiger partial charge >= 0.3 is 0 Å². The highest BCUT2D eigenvalue weighted by molar-refractivity contribution is 4.59. The molecule has 4 heteroatoms. The van der Waals surface area contributed by atoms with Crippen LogP contribution in [0.1, 0.15) is 0 Å². The maximum Gasteiger partial charge on any atom is 0.102 e. The zero-order valence-corrected chi connectivity index (χ0v) is 6.99. The molecule has 0 aromatic rings. The van der Waals surface area contributed by atoms with Gasteiger partial charge in [0.05, 0.1) is 19.7 Å². The summed E-state index contributed by atoms with van der Waals surface area (Å²) in [5, 5.41) is 20.2. The number of likely N-dealkylation sites (N-methyl/N-ethyl adjacent to an activating group) is 1. The molecular formula is C7H16N2O2. The van der Waals surface area contributed by atoms with Crippen LogP contribution in [0.15, 0.2) is 0 Å². The molecule has 11 heavy (non-hydrogen) atoms. The molecule has 0 spiro atoms. The summed E-state index contributed by atoms with van der Waals surface area (Å²) >= 11 is 0. The molecule has 0 aromatic carbocycles. The fraction of sp³-hybridized carbons (Fsp3) is 1.00. The lowest BCUT2D eigenvalue weighted by Crippen LogP contribution is -2.56. The minimum Gasteiger partial charge on any atom is -0.633 e. The molecule has 0 unspecified atom stereocenters. The Morgan fingerprint density at radius 1 is 1.45 bits per heavy atom. The van der Waals surface area contributed by atoms with Crippen LogP contribution in [0.2, 0.25) is 0 Å². The molecule has 1 aliphatic rings. The first-order chi connectivity index (χ1) is 5.16. The quantitative estimate of drug-likeness (QED) is 0.426. The number of quaternary nitrogens is 1. The smallest absolute Gasteiger partial charge is 0.102 e. The summed E-state index contributed by atoms with van der Waals surface area (Å²) in [6.07, 6.45) is 0. The van der Waals surface area contributed by atoms with E-state index in [1.54, 1.807) is 0 Å². The Kier molecular flexibility index (Phi) is 2.84. The maximum atomic E-state index is 11.6. The molecule has 0 aromatic heterocycles. The highest BCUT2D eigenvalue weighted by Gasteiger charge is 2.22. The molecule has 1 rings (SSSR count). The van der Waals surface area contributed by atoms with Crippen LogP contribution < -0.4 is 0 Å². The predicted octanol–water partition coefficient (Wildman–Crippen LogP) is -0.761. The van der Waals surface area contributed by atoms with Gasteiger partial charge in [0.25, 0.3) is 0 Å². The molecule has 0 bridgehead atoms. The molecule has 4 nitrogen and oxygen atoms in total. The van der Waals surface area contributed by atoms with E-state index < -0.39 is 0 Å². The van der Waals surface area contributed by atoms with Crippen molar-refractivity contribution in [2.75, 3.05) is 46.4 Å². The Labute approximate surface area is 67.2 Å². The SMILES string of the molecule is CN1CC[N+]([O-])(CCO)CC1. The zero-order valence-electron chi connectivity index (χ0n) is 6.99. The molecule has 0 saturated carbocycles. The molecule has 0 amide bonds. The van der Waals surface area contributed by atoms with Gasteiger partial charge in [-0.2, -0.15) is 0 Å². The van der Waals surface area contributed by atoms with Gasteiger partial charge in [0.2, 0.25) is 0 Å². The van der Waals surface area contributed by atoms with Gasteiger partial charge in [-0.1, -0.05) is 0 Å². The number of hydroxylamine groups is 3. The van der Waals surface area contributed by atoms with E-state index in [0.717, 1.165) is 13.1 Å². The van der Waals surface area contributed by atoms with E-state index in [1.807, 2.05) is 7.05 Å². The molecule has 1 N–H and O–H groups in total. The summed E-state index contributed by atoms with van der Waals surface area (Å²) in [5.74, 6) is 0. The van der Waals surface area contributed by atoms with Gasteiger partial charge in [-0.05, 0) is 7.05 Å². The molecule has 1 saturated heterocycles. The molecule has 0 radical (unpaired) electrons. The van der Waals surface area contributed by atoms with E-state index in [1.165, 1.54) is 0 Å². The highest BCUT2D eigenvalue weighted by atomic mass is 16.5. The Hall–Kier alpha value is -0.160. The van der Waals surface area contributed by atoms with Crippen LogP contribution in [0.25, 0.3) is 0 Å². The van der Waals surface area contributed by atoms with Crippen molar-refractivity contribution in [3.8, 4) is 0 Å². The van der Waals surface area contributed by atoms with Gasteiger partial charge in [0, 0.05) is 13.1 Å². The van der Waals surface area contributed by atoms with Crippen LogP contribution in [0.5, 0.6) is 0 Å². The first-order valence-corrected chi connectivity index (χ1v) is 4.03. The van der Waals surface area contributed by atoms with Gasteiger partial charge in [-0.25, -0.2) is 0 Å². The van der Waals surface area contributed by atoms with Crippen molar-refractivity contribution in [3.63, 3.8) is 0 Å². The first kappa shape index (κ1) is 8.93. The van der Waals surface area contributed by atoms with Crippen molar-refractivity contribution in [2.24, 2.45) is 0 Å². The third-order valence-electron chi connectivity index (χ3n) is 2.29. The van der Waals surface area contributed by atoms with E-state index in [9.17, 15) is 5.21 Å². The Balaban J connectivity index is 2.35. The minimum atomic E-state index is -0.208. The van der Waals surface area contributed by atoms with Crippen LogP contribution in [0.3, 0.4) is 0 Å². The summed E-state index contributed by atoms with van der Waals surface area (Å²) in [6, 6.07) is 0. The van der Waals surface area contributed by atoms with E-state index in [2.05, 4.69) is 4.90 Å². The minimum absolute atomic E-state index is 0.00716. The van der Waals surface area contributed by atoms with Crippen molar-refractivity contribution in [1.82, 2.24) is 4.90 Å². The predicted molar refractivity (Wildman–Crippen MR) is 42.8 cm³/mol. The number of aliphatic hydroxyl groups excluding tert-OH is 1. The van der Waals surface area contributed by atoms with Crippen LogP contribution in [0.4, 0.5) is 0 Å². The van der Waals surface area contributed by atoms with E-state index in [-0.39, 0.29) is 11.3 Å². The monoisotopic (exact) mass is 160 g/mol. The van der Waals surface area contributed by atoms with Gasteiger partial charge < -0.3 is 15.0 Å². The van der Waals surface area contributed by atoms with Crippen molar-refractivity contribution < 1.29 is 9.75 Å². The normalized spacial score (nSPS) is 25.4. The number of rotatable bonds is 2. The van der Waals surface area contributed by atoms with E-state index in [4.69, 9.17) is 5.11 Å². The first-order valence-electron chi connectivity index (χ1n) is 4.03. The second-order valence-electron chi connectivity index (χ2n) is 3.26. The van der Waals surface area contributed by atoms with Gasteiger partial charge in [0.1, 0.15) is 6.54 Å². The van der Waals surface area contributed by atoms with E-state index in [0.29, 0.717) is 19.6 Å². The second kappa shape index (κ2) is 3.49. The Bertz CT molecular complexity index is 122. The fourth-order valence-electron chi connectivity index (χ4n) is 1.34. The van der Waals surface area contributed by atoms with Gasteiger partial charge in [-0.15, -0.1) is 0 Å². The summed E-state index contributed by atoms with van der Waals surface area (Å²) in [4.78, 5) is 2.14. The maximum absolute atomic E-state index is 11.6. The lowest BCUT2D eigenvalue weighted by atomic mass is 10.3. The fourth-order valence-corrected chi connectivity index (χ4v) is 1.34. The third-order valence-corrected chi connectivity index (χ3v) is 2.29. The average Bonchev–Trinajstić information content (AvgIpc) is 1.97. The molecule has 1 heterocycles. The topological polar surface area (TPSA) is 46.5 Å². The van der Waals surface area contributed by atoms with Gasteiger partial charge in [0.15, 0.2) is 0 Å². The van der Waals surface area contributed by atoms with Crippen molar-refractivity contribution in [2.45, 2.75) is 0 Å². The van der Waals surface area contributed by atoms with Crippen molar-refractivity contribution >= 4 is 0 Å². The molecule has 1 aliphatic heterocycles. The third kappa shape index (κ3) is 2.41. The number of hydrogen-bond acceptors (Lipinski definition) is 3. The molecule has 0 atom stereocenters. The zero-order chi connectivity index (χ0) is 8.32. The number of nitrogens with zero attached hydrogens (tertiary/aromatic N) is 2. The lowest BCUT2D eigenvalue weighted by Gasteiger charge is -2.47. The molecule has 1 fully saturated rings. The lowest BCUT2D eigenvalue weighted by molar-refractivity contribution is -0.885. The standard InChI is InChI=1S/C7H16N2O2/c1-8-2-4-9(11,5-3-8)6-7-10/h10H,2-7H2,1H3. The second-order valence-corrected chi connectivity index (χ2v) is 3.26. The molecule has 66 valence electrons. The van der Waals surface area contributed by atoms with Crippen molar-refractivity contribution in [1.29, 1.82) is 0 Å². The number of piperazine rings is 1. The summed E-state index contributed by atoms with van der Waals surface area (Å²) in [6.45, 7) is 3.31.